The van der Waals surface area contributed by atoms with Gasteiger partial charge < -0.3 is 24.3 Å². The molecule has 0 radical (unpaired) electrons. The molecule has 0 amide bonds. The van der Waals surface area contributed by atoms with Gasteiger partial charge in [0.15, 0.2) is 23.0 Å². The van der Waals surface area contributed by atoms with Crippen LogP contribution in [0.25, 0.3) is 0 Å². The fourth-order valence-corrected chi connectivity index (χ4v) is 3.67. The summed E-state index contributed by atoms with van der Waals surface area (Å²) in [5.74, 6) is 1.94. The third kappa shape index (κ3) is 5.09. The second-order valence-corrected chi connectivity index (χ2v) is 7.66. The molecule has 1 N–H and O–H groups in total. The molecule has 162 valence electrons. The van der Waals surface area contributed by atoms with Gasteiger partial charge in [-0.25, -0.2) is 4.39 Å². The molecule has 0 spiro atoms. The van der Waals surface area contributed by atoms with E-state index in [4.69, 9.17) is 42.1 Å². The average Bonchev–Trinajstić information content (AvgIpc) is 2.77. The maximum absolute atomic E-state index is 13.2. The fourth-order valence-electron chi connectivity index (χ4n) is 3.16. The van der Waals surface area contributed by atoms with Crippen LogP contribution in [0.3, 0.4) is 0 Å². The monoisotopic (exact) mass is 463 g/mol. The fraction of sp³-hybridized carbons (Fsp3) is 0.217. The Morgan fingerprint density at radius 3 is 2.55 bits per heavy atom. The van der Waals surface area contributed by atoms with Gasteiger partial charge in [-0.05, 0) is 42.0 Å². The molecule has 0 fully saturated rings. The Hall–Kier alpha value is -2.83. The lowest BCUT2D eigenvalue weighted by molar-refractivity contribution is 0.171. The summed E-state index contributed by atoms with van der Waals surface area (Å²) in [5, 5.41) is 4.02. The van der Waals surface area contributed by atoms with E-state index in [0.717, 1.165) is 22.7 Å². The molecule has 0 atom stereocenters. The van der Waals surface area contributed by atoms with Crippen LogP contribution in [0.4, 0.5) is 10.1 Å². The third-order valence-corrected chi connectivity index (χ3v) is 5.35. The smallest absolute Gasteiger partial charge is 0.180 e. The topological polar surface area (TPSA) is 49.0 Å². The zero-order valence-electron chi connectivity index (χ0n) is 16.7. The molecule has 1 aliphatic heterocycles. The molecule has 31 heavy (non-hydrogen) atoms. The lowest BCUT2D eigenvalue weighted by atomic mass is 10.2. The molecule has 0 aliphatic carbocycles. The maximum atomic E-state index is 13.2. The van der Waals surface area contributed by atoms with Gasteiger partial charge in [0.2, 0.25) is 0 Å². The Bertz CT molecular complexity index is 1090. The summed E-state index contributed by atoms with van der Waals surface area (Å²) in [7, 11) is 1.54. The Morgan fingerprint density at radius 1 is 0.968 bits per heavy atom. The normalized spacial score (nSPS) is 12.4. The number of nitrogens with one attached hydrogen (secondary N) is 1. The Balaban J connectivity index is 1.45. The number of anilines is 1. The lowest BCUT2D eigenvalue weighted by Gasteiger charge is -2.19. The van der Waals surface area contributed by atoms with Crippen molar-refractivity contribution in [3.05, 3.63) is 75.5 Å². The van der Waals surface area contributed by atoms with Crippen LogP contribution in [0.2, 0.25) is 10.0 Å². The molecule has 0 bridgehead atoms. The van der Waals surface area contributed by atoms with Crippen LogP contribution in [0, 0.1) is 5.82 Å². The molecule has 0 unspecified atom stereocenters. The first-order valence-electron chi connectivity index (χ1n) is 9.60. The van der Waals surface area contributed by atoms with Crippen LogP contribution >= 0.6 is 23.2 Å². The van der Waals surface area contributed by atoms with Gasteiger partial charge >= 0.3 is 0 Å². The van der Waals surface area contributed by atoms with Gasteiger partial charge in [-0.1, -0.05) is 29.3 Å². The Kier molecular flexibility index (Phi) is 6.59. The summed E-state index contributed by atoms with van der Waals surface area (Å²) in [6.45, 7) is 1.73. The van der Waals surface area contributed by atoms with Crippen LogP contribution < -0.4 is 24.3 Å². The molecule has 8 heteroatoms. The molecule has 3 aromatic rings. The van der Waals surface area contributed by atoms with Crippen LogP contribution in [0.5, 0.6) is 23.0 Å². The zero-order valence-corrected chi connectivity index (χ0v) is 18.2. The SMILES string of the molecule is COc1cc(CNc2ccc3c(c2)OCCO3)cc(Cl)c1OCc1ccc(F)cc1Cl. The second kappa shape index (κ2) is 9.54. The van der Waals surface area contributed by atoms with Crippen molar-refractivity contribution in [3.8, 4) is 23.0 Å². The van der Waals surface area contributed by atoms with E-state index in [9.17, 15) is 4.39 Å². The highest BCUT2D eigenvalue weighted by Gasteiger charge is 2.15. The highest BCUT2D eigenvalue weighted by Crippen LogP contribution is 2.38. The number of fused-ring (bicyclic) bond motifs is 1. The van der Waals surface area contributed by atoms with E-state index in [2.05, 4.69) is 5.32 Å². The molecule has 0 saturated heterocycles. The van der Waals surface area contributed by atoms with E-state index in [1.807, 2.05) is 24.3 Å². The van der Waals surface area contributed by atoms with Crippen molar-refractivity contribution in [2.75, 3.05) is 25.6 Å². The number of benzene rings is 3. The molecule has 5 nitrogen and oxygen atoms in total. The number of rotatable bonds is 7. The molecule has 1 aliphatic rings. The van der Waals surface area contributed by atoms with E-state index in [0.29, 0.717) is 41.8 Å². The molecule has 3 aromatic carbocycles. The van der Waals surface area contributed by atoms with E-state index >= 15 is 0 Å². The van der Waals surface area contributed by atoms with Crippen molar-refractivity contribution < 1.29 is 23.3 Å². The Morgan fingerprint density at radius 2 is 1.77 bits per heavy atom. The number of hydrogen-bond donors (Lipinski definition) is 1. The standard InChI is InChI=1S/C23H20Cl2FNO4/c1-28-22-9-14(12-27-17-4-5-20-21(11-17)30-7-6-29-20)8-19(25)23(22)31-13-15-2-3-16(26)10-18(15)24/h2-5,8-11,27H,6-7,12-13H2,1H3. The number of hydrogen-bond acceptors (Lipinski definition) is 5. The van der Waals surface area contributed by atoms with Gasteiger partial charge in [-0.3, -0.25) is 0 Å². The minimum Gasteiger partial charge on any atom is -0.493 e. The minimum atomic E-state index is -0.403. The summed E-state index contributed by atoms with van der Waals surface area (Å²) in [6.07, 6.45) is 0. The summed E-state index contributed by atoms with van der Waals surface area (Å²) in [6, 6.07) is 13.5. The third-order valence-electron chi connectivity index (χ3n) is 4.72. The van der Waals surface area contributed by atoms with Crippen molar-refractivity contribution in [2.45, 2.75) is 13.2 Å². The van der Waals surface area contributed by atoms with E-state index in [1.54, 1.807) is 19.2 Å². The van der Waals surface area contributed by atoms with E-state index in [-0.39, 0.29) is 11.6 Å². The highest BCUT2D eigenvalue weighted by molar-refractivity contribution is 6.32. The summed E-state index contributed by atoms with van der Waals surface area (Å²) >= 11 is 12.5. The van der Waals surface area contributed by atoms with E-state index in [1.165, 1.54) is 12.1 Å². The van der Waals surface area contributed by atoms with Gasteiger partial charge in [-0.15, -0.1) is 0 Å². The van der Waals surface area contributed by atoms with Crippen molar-refractivity contribution in [3.63, 3.8) is 0 Å². The minimum absolute atomic E-state index is 0.129. The van der Waals surface area contributed by atoms with Gasteiger partial charge in [0.25, 0.3) is 0 Å². The number of methoxy groups -OCH3 is 1. The quantitative estimate of drug-likeness (QED) is 0.458. The van der Waals surface area contributed by atoms with Gasteiger partial charge in [0.1, 0.15) is 25.6 Å². The average molecular weight is 464 g/mol. The van der Waals surface area contributed by atoms with Crippen molar-refractivity contribution in [2.24, 2.45) is 0 Å². The predicted octanol–water partition coefficient (Wildman–Crippen LogP) is 6.10. The first kappa shape index (κ1) is 21.4. The molecular weight excluding hydrogens is 444 g/mol. The van der Waals surface area contributed by atoms with Crippen molar-refractivity contribution in [1.29, 1.82) is 0 Å². The Labute approximate surface area is 189 Å². The second-order valence-electron chi connectivity index (χ2n) is 6.85. The summed E-state index contributed by atoms with van der Waals surface area (Å²) < 4.78 is 35.7. The maximum Gasteiger partial charge on any atom is 0.180 e. The van der Waals surface area contributed by atoms with Crippen LogP contribution in [-0.4, -0.2) is 20.3 Å². The lowest BCUT2D eigenvalue weighted by Crippen LogP contribution is -2.15. The highest BCUT2D eigenvalue weighted by atomic mass is 35.5. The van der Waals surface area contributed by atoms with Crippen LogP contribution in [0.15, 0.2) is 48.5 Å². The summed E-state index contributed by atoms with van der Waals surface area (Å²) in [5.41, 5.74) is 2.44. The summed E-state index contributed by atoms with van der Waals surface area (Å²) in [4.78, 5) is 0. The molecule has 1 heterocycles. The van der Waals surface area contributed by atoms with Gasteiger partial charge in [-0.2, -0.15) is 0 Å². The molecule has 0 saturated carbocycles. The first-order valence-corrected chi connectivity index (χ1v) is 10.4. The molecule has 0 aromatic heterocycles. The molecule has 4 rings (SSSR count). The van der Waals surface area contributed by atoms with Gasteiger partial charge in [0.05, 0.1) is 17.2 Å². The zero-order chi connectivity index (χ0) is 21.8. The largest absolute Gasteiger partial charge is 0.493 e. The van der Waals surface area contributed by atoms with Crippen LogP contribution in [-0.2, 0) is 13.2 Å². The van der Waals surface area contributed by atoms with Crippen LogP contribution in [0.1, 0.15) is 11.1 Å². The van der Waals surface area contributed by atoms with Crippen molar-refractivity contribution >= 4 is 28.9 Å². The predicted molar refractivity (Wildman–Crippen MR) is 119 cm³/mol. The van der Waals surface area contributed by atoms with Crippen molar-refractivity contribution in [1.82, 2.24) is 0 Å². The number of ether oxygens (including phenoxy) is 4. The molecular formula is C23H20Cl2FNO4. The van der Waals surface area contributed by atoms with E-state index < -0.39 is 5.82 Å². The first-order chi connectivity index (χ1) is 15.0. The van der Waals surface area contributed by atoms with Gasteiger partial charge in [0, 0.05) is 23.9 Å². The number of halogens is 3.